The molecular weight excluding hydrogens is 297 g/mol. The number of oxime groups is 1. The first-order chi connectivity index (χ1) is 9.42. The molecule has 1 aromatic carbocycles. The number of nitrogens with zero attached hydrogens (tertiary/aromatic N) is 2. The Morgan fingerprint density at radius 1 is 1.40 bits per heavy atom. The molecule has 0 saturated heterocycles. The lowest BCUT2D eigenvalue weighted by molar-refractivity contribution is 0.241. The molecule has 0 unspecified atom stereocenters. The molecular formula is C14H21Cl2N3O. The van der Waals surface area contributed by atoms with Gasteiger partial charge in [0.05, 0.1) is 0 Å². The number of hydrogen-bond acceptors (Lipinski definition) is 3. The van der Waals surface area contributed by atoms with Gasteiger partial charge in [-0.05, 0) is 29.7 Å². The number of halogens is 2. The van der Waals surface area contributed by atoms with Crippen molar-refractivity contribution in [3.8, 4) is 0 Å². The molecule has 0 aliphatic carbocycles. The highest BCUT2D eigenvalue weighted by Crippen LogP contribution is 2.22. The zero-order valence-electron chi connectivity index (χ0n) is 11.8. The van der Waals surface area contributed by atoms with Crippen molar-refractivity contribution >= 4 is 29.0 Å². The molecule has 1 aromatic rings. The Balaban J connectivity index is 2.75. The van der Waals surface area contributed by atoms with Crippen LogP contribution in [0, 0.1) is 5.92 Å². The van der Waals surface area contributed by atoms with E-state index in [1.807, 2.05) is 6.07 Å². The van der Waals surface area contributed by atoms with E-state index in [0.29, 0.717) is 35.5 Å². The molecule has 6 heteroatoms. The van der Waals surface area contributed by atoms with Crippen molar-refractivity contribution < 1.29 is 5.21 Å². The molecule has 0 aliphatic heterocycles. The monoisotopic (exact) mass is 317 g/mol. The molecule has 3 N–H and O–H groups in total. The van der Waals surface area contributed by atoms with Gasteiger partial charge in [-0.15, -0.1) is 0 Å². The summed E-state index contributed by atoms with van der Waals surface area (Å²) in [7, 11) is 0. The van der Waals surface area contributed by atoms with E-state index >= 15 is 0 Å². The second-order valence-corrected chi connectivity index (χ2v) is 6.05. The summed E-state index contributed by atoms with van der Waals surface area (Å²) in [4.78, 5) is 2.22. The van der Waals surface area contributed by atoms with E-state index in [1.54, 1.807) is 12.1 Å². The Morgan fingerprint density at radius 2 is 2.10 bits per heavy atom. The van der Waals surface area contributed by atoms with Crippen LogP contribution in [0.4, 0.5) is 0 Å². The van der Waals surface area contributed by atoms with Crippen molar-refractivity contribution in [1.29, 1.82) is 0 Å². The average molecular weight is 318 g/mol. The molecule has 20 heavy (non-hydrogen) atoms. The third kappa shape index (κ3) is 5.99. The maximum absolute atomic E-state index is 8.61. The summed E-state index contributed by atoms with van der Waals surface area (Å²) in [6.07, 6.45) is 0.515. The number of hydrogen-bond donors (Lipinski definition) is 2. The van der Waals surface area contributed by atoms with Crippen LogP contribution in [-0.4, -0.2) is 29.0 Å². The fourth-order valence-corrected chi connectivity index (χ4v) is 2.35. The summed E-state index contributed by atoms with van der Waals surface area (Å²) >= 11 is 12.2. The van der Waals surface area contributed by atoms with E-state index in [2.05, 4.69) is 23.9 Å². The molecule has 0 spiro atoms. The third-order valence-electron chi connectivity index (χ3n) is 2.84. The highest BCUT2D eigenvalue weighted by atomic mass is 35.5. The van der Waals surface area contributed by atoms with Crippen LogP contribution in [0.3, 0.4) is 0 Å². The number of rotatable bonds is 7. The summed E-state index contributed by atoms with van der Waals surface area (Å²) in [5.41, 5.74) is 6.51. The Morgan fingerprint density at radius 3 is 2.70 bits per heavy atom. The van der Waals surface area contributed by atoms with Gasteiger partial charge in [0.1, 0.15) is 5.84 Å². The summed E-state index contributed by atoms with van der Waals surface area (Å²) < 4.78 is 0. The normalized spacial score (nSPS) is 12.4. The van der Waals surface area contributed by atoms with Gasteiger partial charge in [-0.25, -0.2) is 0 Å². The Hall–Kier alpha value is -0.970. The Bertz CT molecular complexity index is 464. The molecule has 4 nitrogen and oxygen atoms in total. The summed E-state index contributed by atoms with van der Waals surface area (Å²) in [6, 6.07) is 5.45. The first-order valence-electron chi connectivity index (χ1n) is 6.55. The molecule has 0 aliphatic rings. The van der Waals surface area contributed by atoms with Gasteiger partial charge in [-0.3, -0.25) is 4.90 Å². The molecule has 112 valence electrons. The van der Waals surface area contributed by atoms with Gasteiger partial charge in [0.25, 0.3) is 0 Å². The van der Waals surface area contributed by atoms with Crippen molar-refractivity contribution in [2.75, 3.05) is 13.1 Å². The van der Waals surface area contributed by atoms with E-state index < -0.39 is 0 Å². The molecule has 0 amide bonds. The minimum atomic E-state index is 0.232. The zero-order valence-corrected chi connectivity index (χ0v) is 13.3. The predicted octanol–water partition coefficient (Wildman–Crippen LogP) is 3.59. The lowest BCUT2D eigenvalue weighted by Crippen LogP contribution is -2.31. The minimum absolute atomic E-state index is 0.232. The van der Waals surface area contributed by atoms with Gasteiger partial charge in [0, 0.05) is 36.1 Å². The number of amidine groups is 1. The summed E-state index contributed by atoms with van der Waals surface area (Å²) in [5, 5.41) is 13.0. The summed E-state index contributed by atoms with van der Waals surface area (Å²) in [6.45, 7) is 6.60. The standard InChI is InChI=1S/C14H21Cl2N3O/c1-10(2)8-19(6-5-14(17)18-20)9-11-7-12(15)3-4-13(11)16/h3-4,7,10,20H,5-6,8-9H2,1-2H3,(H2,17,18). The van der Waals surface area contributed by atoms with Gasteiger partial charge in [-0.1, -0.05) is 42.2 Å². The van der Waals surface area contributed by atoms with Crippen molar-refractivity contribution in [2.24, 2.45) is 16.8 Å². The zero-order chi connectivity index (χ0) is 15.1. The van der Waals surface area contributed by atoms with Crippen LogP contribution in [0.2, 0.25) is 10.0 Å². The van der Waals surface area contributed by atoms with Crippen LogP contribution in [-0.2, 0) is 6.54 Å². The lowest BCUT2D eigenvalue weighted by atomic mass is 10.1. The van der Waals surface area contributed by atoms with E-state index in [0.717, 1.165) is 12.1 Å². The van der Waals surface area contributed by atoms with Gasteiger partial charge in [0.15, 0.2) is 0 Å². The van der Waals surface area contributed by atoms with E-state index in [9.17, 15) is 0 Å². The quantitative estimate of drug-likeness (QED) is 0.349. The maximum atomic E-state index is 8.61. The van der Waals surface area contributed by atoms with Crippen molar-refractivity contribution in [2.45, 2.75) is 26.8 Å². The molecule has 0 bridgehead atoms. The molecule has 0 fully saturated rings. The molecule has 0 radical (unpaired) electrons. The first kappa shape index (κ1) is 17.1. The molecule has 0 atom stereocenters. The van der Waals surface area contributed by atoms with Crippen molar-refractivity contribution in [3.05, 3.63) is 33.8 Å². The van der Waals surface area contributed by atoms with Crippen LogP contribution in [0.1, 0.15) is 25.8 Å². The molecule has 0 saturated carbocycles. The summed E-state index contributed by atoms with van der Waals surface area (Å²) in [5.74, 6) is 0.746. The Labute approximate surface area is 130 Å². The highest BCUT2D eigenvalue weighted by molar-refractivity contribution is 6.33. The fraction of sp³-hybridized carbons (Fsp3) is 0.500. The lowest BCUT2D eigenvalue weighted by Gasteiger charge is -2.24. The minimum Gasteiger partial charge on any atom is -0.409 e. The van der Waals surface area contributed by atoms with Crippen LogP contribution >= 0.6 is 23.2 Å². The fourth-order valence-electron chi connectivity index (χ4n) is 1.98. The van der Waals surface area contributed by atoms with Crippen LogP contribution in [0.5, 0.6) is 0 Å². The Kier molecular flexibility index (Phi) is 7.13. The van der Waals surface area contributed by atoms with E-state index in [-0.39, 0.29) is 5.84 Å². The molecule has 1 rings (SSSR count). The number of nitrogens with two attached hydrogens (primary N) is 1. The van der Waals surface area contributed by atoms with E-state index in [4.69, 9.17) is 34.1 Å². The average Bonchev–Trinajstić information content (AvgIpc) is 2.39. The third-order valence-corrected chi connectivity index (χ3v) is 3.44. The highest BCUT2D eigenvalue weighted by Gasteiger charge is 2.11. The second kappa shape index (κ2) is 8.35. The van der Waals surface area contributed by atoms with Crippen molar-refractivity contribution in [1.82, 2.24) is 4.90 Å². The van der Waals surface area contributed by atoms with Crippen LogP contribution in [0.25, 0.3) is 0 Å². The molecule has 0 aromatic heterocycles. The van der Waals surface area contributed by atoms with Crippen LogP contribution < -0.4 is 5.73 Å². The van der Waals surface area contributed by atoms with E-state index in [1.165, 1.54) is 0 Å². The van der Waals surface area contributed by atoms with Gasteiger partial charge in [0.2, 0.25) is 0 Å². The maximum Gasteiger partial charge on any atom is 0.140 e. The predicted molar refractivity (Wildman–Crippen MR) is 84.6 cm³/mol. The van der Waals surface area contributed by atoms with Crippen molar-refractivity contribution in [3.63, 3.8) is 0 Å². The largest absolute Gasteiger partial charge is 0.409 e. The second-order valence-electron chi connectivity index (χ2n) is 5.21. The smallest absolute Gasteiger partial charge is 0.140 e. The van der Waals surface area contributed by atoms with Gasteiger partial charge >= 0.3 is 0 Å². The van der Waals surface area contributed by atoms with Gasteiger partial charge in [-0.2, -0.15) is 0 Å². The topological polar surface area (TPSA) is 61.8 Å². The SMILES string of the molecule is CC(C)CN(CCC(N)=NO)Cc1cc(Cl)ccc1Cl. The molecule has 0 heterocycles. The van der Waals surface area contributed by atoms with Gasteiger partial charge < -0.3 is 10.9 Å². The number of benzene rings is 1. The van der Waals surface area contributed by atoms with Crippen LogP contribution in [0.15, 0.2) is 23.4 Å². The first-order valence-corrected chi connectivity index (χ1v) is 7.30.